The SMILES string of the molecule is CN1CCN(c2ccc(CNC(=O)C(C)(C)C)cc2)CC1. The number of hydrogen-bond donors (Lipinski definition) is 1. The second-order valence-corrected chi connectivity index (χ2v) is 6.89. The maximum absolute atomic E-state index is 11.9. The number of amides is 1. The number of hydrogen-bond acceptors (Lipinski definition) is 3. The van der Waals surface area contributed by atoms with E-state index < -0.39 is 0 Å². The van der Waals surface area contributed by atoms with E-state index in [4.69, 9.17) is 0 Å². The van der Waals surface area contributed by atoms with Crippen molar-refractivity contribution >= 4 is 11.6 Å². The van der Waals surface area contributed by atoms with Crippen molar-refractivity contribution in [3.63, 3.8) is 0 Å². The average Bonchev–Trinajstić information content (AvgIpc) is 2.45. The minimum atomic E-state index is -0.334. The third-order valence-corrected chi connectivity index (χ3v) is 3.94. The van der Waals surface area contributed by atoms with Crippen molar-refractivity contribution in [2.24, 2.45) is 5.41 Å². The van der Waals surface area contributed by atoms with Gasteiger partial charge in [0.15, 0.2) is 0 Å². The van der Waals surface area contributed by atoms with Crippen molar-refractivity contribution in [3.05, 3.63) is 29.8 Å². The number of anilines is 1. The molecule has 21 heavy (non-hydrogen) atoms. The molecule has 0 saturated carbocycles. The summed E-state index contributed by atoms with van der Waals surface area (Å²) in [6.07, 6.45) is 0. The van der Waals surface area contributed by atoms with E-state index in [9.17, 15) is 4.79 Å². The molecule has 1 aromatic rings. The highest BCUT2D eigenvalue weighted by molar-refractivity contribution is 5.81. The van der Waals surface area contributed by atoms with E-state index in [2.05, 4.69) is 46.4 Å². The third kappa shape index (κ3) is 4.46. The predicted octanol–water partition coefficient (Wildman–Crippen LogP) is 2.10. The number of carbonyl (C=O) groups excluding carboxylic acids is 1. The molecular weight excluding hydrogens is 262 g/mol. The molecule has 1 aliphatic rings. The summed E-state index contributed by atoms with van der Waals surface area (Å²) in [5.74, 6) is 0.0886. The van der Waals surface area contributed by atoms with Gasteiger partial charge in [-0.05, 0) is 24.7 Å². The van der Waals surface area contributed by atoms with Crippen LogP contribution in [0.25, 0.3) is 0 Å². The van der Waals surface area contributed by atoms with Gasteiger partial charge in [-0.15, -0.1) is 0 Å². The number of piperazine rings is 1. The lowest BCUT2D eigenvalue weighted by Gasteiger charge is -2.34. The van der Waals surface area contributed by atoms with Crippen LogP contribution in [0.15, 0.2) is 24.3 Å². The Labute approximate surface area is 128 Å². The Morgan fingerprint density at radius 3 is 2.19 bits per heavy atom. The lowest BCUT2D eigenvalue weighted by molar-refractivity contribution is -0.128. The Bertz CT molecular complexity index is 468. The minimum absolute atomic E-state index is 0.0886. The fourth-order valence-electron chi connectivity index (χ4n) is 2.34. The molecule has 0 aliphatic carbocycles. The molecule has 0 bridgehead atoms. The molecule has 4 nitrogen and oxygen atoms in total. The highest BCUT2D eigenvalue weighted by Crippen LogP contribution is 2.17. The molecule has 0 radical (unpaired) electrons. The molecule has 0 unspecified atom stereocenters. The van der Waals surface area contributed by atoms with Gasteiger partial charge < -0.3 is 15.1 Å². The Morgan fingerprint density at radius 2 is 1.67 bits per heavy atom. The zero-order valence-corrected chi connectivity index (χ0v) is 13.6. The zero-order valence-electron chi connectivity index (χ0n) is 13.6. The number of benzene rings is 1. The number of nitrogens with one attached hydrogen (secondary N) is 1. The van der Waals surface area contributed by atoms with Gasteiger partial charge in [0.2, 0.25) is 5.91 Å². The molecule has 1 amide bonds. The molecule has 1 aliphatic heterocycles. The van der Waals surface area contributed by atoms with Crippen molar-refractivity contribution in [2.75, 3.05) is 38.1 Å². The first-order valence-electron chi connectivity index (χ1n) is 7.67. The van der Waals surface area contributed by atoms with Crippen LogP contribution in [0, 0.1) is 5.41 Å². The van der Waals surface area contributed by atoms with Gasteiger partial charge in [-0.25, -0.2) is 0 Å². The summed E-state index contributed by atoms with van der Waals surface area (Å²) in [6, 6.07) is 8.53. The van der Waals surface area contributed by atoms with E-state index in [1.807, 2.05) is 20.8 Å². The second kappa shape index (κ2) is 6.48. The number of rotatable bonds is 3. The van der Waals surface area contributed by atoms with Gasteiger partial charge in [0.05, 0.1) is 0 Å². The first-order chi connectivity index (χ1) is 9.86. The molecule has 116 valence electrons. The van der Waals surface area contributed by atoms with Crippen molar-refractivity contribution in [1.29, 1.82) is 0 Å². The number of likely N-dealkylation sites (N-methyl/N-ethyl adjacent to an activating group) is 1. The second-order valence-electron chi connectivity index (χ2n) is 6.89. The van der Waals surface area contributed by atoms with E-state index in [-0.39, 0.29) is 11.3 Å². The summed E-state index contributed by atoms with van der Waals surface area (Å²) >= 11 is 0. The van der Waals surface area contributed by atoms with Gasteiger partial charge in [-0.3, -0.25) is 4.79 Å². The van der Waals surface area contributed by atoms with Crippen LogP contribution in [0.2, 0.25) is 0 Å². The number of carbonyl (C=O) groups is 1. The van der Waals surface area contributed by atoms with Gasteiger partial charge in [0.1, 0.15) is 0 Å². The molecule has 1 N–H and O–H groups in total. The Morgan fingerprint density at radius 1 is 1.10 bits per heavy atom. The van der Waals surface area contributed by atoms with Crippen molar-refractivity contribution in [2.45, 2.75) is 27.3 Å². The molecule has 2 rings (SSSR count). The third-order valence-electron chi connectivity index (χ3n) is 3.94. The van der Waals surface area contributed by atoms with Gasteiger partial charge in [0.25, 0.3) is 0 Å². The standard InChI is InChI=1S/C17H27N3O/c1-17(2,3)16(21)18-13-14-5-7-15(8-6-14)20-11-9-19(4)10-12-20/h5-8H,9-13H2,1-4H3,(H,18,21). The van der Waals surface area contributed by atoms with E-state index in [1.54, 1.807) is 0 Å². The summed E-state index contributed by atoms with van der Waals surface area (Å²) < 4.78 is 0. The van der Waals surface area contributed by atoms with Gasteiger partial charge in [0, 0.05) is 43.8 Å². The van der Waals surface area contributed by atoms with Gasteiger partial charge in [-0.2, -0.15) is 0 Å². The van der Waals surface area contributed by atoms with Crippen LogP contribution in [-0.4, -0.2) is 44.0 Å². The van der Waals surface area contributed by atoms with Crippen molar-refractivity contribution < 1.29 is 4.79 Å². The highest BCUT2D eigenvalue weighted by atomic mass is 16.2. The van der Waals surface area contributed by atoms with E-state index in [1.165, 1.54) is 5.69 Å². The van der Waals surface area contributed by atoms with Crippen LogP contribution in [0.4, 0.5) is 5.69 Å². The van der Waals surface area contributed by atoms with Crippen LogP contribution in [0.3, 0.4) is 0 Å². The minimum Gasteiger partial charge on any atom is -0.369 e. The monoisotopic (exact) mass is 289 g/mol. The largest absolute Gasteiger partial charge is 0.369 e. The fraction of sp³-hybridized carbons (Fsp3) is 0.588. The lowest BCUT2D eigenvalue weighted by atomic mass is 9.95. The molecule has 1 saturated heterocycles. The van der Waals surface area contributed by atoms with Crippen molar-refractivity contribution in [1.82, 2.24) is 10.2 Å². The Kier molecular flexibility index (Phi) is 4.88. The maximum Gasteiger partial charge on any atom is 0.225 e. The molecule has 4 heteroatoms. The predicted molar refractivity (Wildman–Crippen MR) is 87.5 cm³/mol. The van der Waals surface area contributed by atoms with E-state index >= 15 is 0 Å². The molecule has 1 aromatic carbocycles. The Balaban J connectivity index is 1.89. The Hall–Kier alpha value is -1.55. The molecule has 1 fully saturated rings. The highest BCUT2D eigenvalue weighted by Gasteiger charge is 2.20. The van der Waals surface area contributed by atoms with Crippen LogP contribution in [-0.2, 0) is 11.3 Å². The number of nitrogens with zero attached hydrogens (tertiary/aromatic N) is 2. The smallest absolute Gasteiger partial charge is 0.225 e. The van der Waals surface area contributed by atoms with Crippen LogP contribution >= 0.6 is 0 Å². The summed E-state index contributed by atoms with van der Waals surface area (Å²) in [4.78, 5) is 16.6. The molecule has 1 heterocycles. The maximum atomic E-state index is 11.9. The first-order valence-corrected chi connectivity index (χ1v) is 7.67. The summed E-state index contributed by atoms with van der Waals surface area (Å²) in [6.45, 7) is 10.8. The van der Waals surface area contributed by atoms with Gasteiger partial charge in [-0.1, -0.05) is 32.9 Å². The summed E-state index contributed by atoms with van der Waals surface area (Å²) in [5, 5.41) is 2.98. The average molecular weight is 289 g/mol. The molecule has 0 aromatic heterocycles. The van der Waals surface area contributed by atoms with Crippen LogP contribution < -0.4 is 10.2 Å². The van der Waals surface area contributed by atoms with Crippen LogP contribution in [0.5, 0.6) is 0 Å². The summed E-state index contributed by atoms with van der Waals surface area (Å²) in [7, 11) is 2.17. The van der Waals surface area contributed by atoms with Crippen molar-refractivity contribution in [3.8, 4) is 0 Å². The van der Waals surface area contributed by atoms with E-state index in [0.717, 1.165) is 31.7 Å². The normalized spacial score (nSPS) is 16.9. The van der Waals surface area contributed by atoms with E-state index in [0.29, 0.717) is 6.54 Å². The first kappa shape index (κ1) is 15.8. The summed E-state index contributed by atoms with van der Waals surface area (Å²) in [5.41, 5.74) is 2.08. The molecule has 0 spiro atoms. The lowest BCUT2D eigenvalue weighted by Crippen LogP contribution is -2.44. The fourth-order valence-corrected chi connectivity index (χ4v) is 2.34. The molecular formula is C17H27N3O. The van der Waals surface area contributed by atoms with Crippen LogP contribution in [0.1, 0.15) is 26.3 Å². The molecule has 0 atom stereocenters. The zero-order chi connectivity index (χ0) is 15.5. The van der Waals surface area contributed by atoms with Gasteiger partial charge >= 0.3 is 0 Å². The topological polar surface area (TPSA) is 35.6 Å². The quantitative estimate of drug-likeness (QED) is 0.925.